The normalized spacial score (nSPS) is 26.0. The number of likely N-dealkylation sites (N-methyl/N-ethyl adjacent to an activating group) is 1. The van der Waals surface area contributed by atoms with Gasteiger partial charge in [0.1, 0.15) is 0 Å². The molecule has 6 nitrogen and oxygen atoms in total. The minimum Gasteiger partial charge on any atom is -0.372 e. The highest BCUT2D eigenvalue weighted by molar-refractivity contribution is 5.99. The lowest BCUT2D eigenvalue weighted by molar-refractivity contribution is -0.135. The molecule has 3 fully saturated rings. The van der Waals surface area contributed by atoms with Gasteiger partial charge in [0.2, 0.25) is 11.8 Å². The third-order valence-corrected chi connectivity index (χ3v) is 6.12. The quantitative estimate of drug-likeness (QED) is 0.881. The van der Waals surface area contributed by atoms with Crippen molar-refractivity contribution in [2.45, 2.75) is 25.7 Å². The molecule has 1 aliphatic carbocycles. The first-order valence-electron chi connectivity index (χ1n) is 10.2. The van der Waals surface area contributed by atoms with Crippen molar-refractivity contribution >= 4 is 23.2 Å². The molecule has 0 spiro atoms. The Morgan fingerprint density at radius 3 is 2.22 bits per heavy atom. The molecule has 2 heterocycles. The number of carbonyl (C=O) groups excluding carboxylic acids is 2. The van der Waals surface area contributed by atoms with Crippen molar-refractivity contribution in [2.24, 2.45) is 11.8 Å². The van der Waals surface area contributed by atoms with Gasteiger partial charge in [-0.3, -0.25) is 9.59 Å². The summed E-state index contributed by atoms with van der Waals surface area (Å²) in [6.45, 7) is 5.61. The molecular weight excluding hydrogens is 340 g/mol. The van der Waals surface area contributed by atoms with Gasteiger partial charge in [0, 0.05) is 50.6 Å². The monoisotopic (exact) mass is 370 g/mol. The van der Waals surface area contributed by atoms with E-state index in [1.165, 1.54) is 24.9 Å². The van der Waals surface area contributed by atoms with Crippen LogP contribution in [0.4, 0.5) is 11.4 Å². The Morgan fingerprint density at radius 2 is 1.56 bits per heavy atom. The summed E-state index contributed by atoms with van der Waals surface area (Å²) in [6, 6.07) is 8.12. The number of benzene rings is 1. The van der Waals surface area contributed by atoms with Gasteiger partial charge in [-0.25, -0.2) is 0 Å². The Kier molecular flexibility index (Phi) is 5.34. The van der Waals surface area contributed by atoms with Crippen molar-refractivity contribution in [1.29, 1.82) is 0 Å². The predicted molar refractivity (Wildman–Crippen MR) is 107 cm³/mol. The molecule has 146 valence electrons. The van der Waals surface area contributed by atoms with Crippen molar-refractivity contribution < 1.29 is 9.59 Å². The maximum absolute atomic E-state index is 12.6. The molecule has 1 aromatic carbocycles. The van der Waals surface area contributed by atoms with Gasteiger partial charge in [-0.05, 0) is 57.0 Å². The number of anilines is 2. The molecule has 0 bridgehead atoms. The number of rotatable bonds is 4. The number of piperazine rings is 1. The number of amides is 2. The highest BCUT2D eigenvalue weighted by Gasteiger charge is 2.49. The second kappa shape index (κ2) is 7.89. The average Bonchev–Trinajstić information content (AvgIpc) is 3.50. The molecule has 1 aromatic rings. The Labute approximate surface area is 161 Å². The number of carbonyl (C=O) groups is 2. The van der Waals surface area contributed by atoms with Crippen molar-refractivity contribution in [2.75, 3.05) is 56.5 Å². The summed E-state index contributed by atoms with van der Waals surface area (Å²) in [4.78, 5) is 31.6. The first kappa shape index (κ1) is 18.3. The molecule has 2 saturated heterocycles. The predicted octanol–water partition coefficient (Wildman–Crippen LogP) is 2.03. The molecule has 0 aromatic heterocycles. The summed E-state index contributed by atoms with van der Waals surface area (Å²) >= 11 is 0. The van der Waals surface area contributed by atoms with E-state index >= 15 is 0 Å². The Morgan fingerprint density at radius 1 is 0.889 bits per heavy atom. The number of hydrogen-bond acceptors (Lipinski definition) is 4. The van der Waals surface area contributed by atoms with Crippen molar-refractivity contribution in [1.82, 2.24) is 9.80 Å². The fourth-order valence-corrected chi connectivity index (χ4v) is 4.16. The first-order valence-corrected chi connectivity index (χ1v) is 10.2. The molecule has 2 atom stereocenters. The summed E-state index contributed by atoms with van der Waals surface area (Å²) in [6.07, 6.45) is 4.51. The number of nitrogens with zero attached hydrogens (tertiary/aromatic N) is 3. The van der Waals surface area contributed by atoms with Gasteiger partial charge in [-0.2, -0.15) is 0 Å². The Bertz CT molecular complexity index is 676. The maximum Gasteiger partial charge on any atom is 0.228 e. The van der Waals surface area contributed by atoms with E-state index < -0.39 is 0 Å². The van der Waals surface area contributed by atoms with E-state index in [9.17, 15) is 9.59 Å². The van der Waals surface area contributed by atoms with Crippen LogP contribution in [0.2, 0.25) is 0 Å². The molecule has 1 saturated carbocycles. The summed E-state index contributed by atoms with van der Waals surface area (Å²) in [5.41, 5.74) is 2.04. The number of piperidine rings is 1. The molecule has 1 N–H and O–H groups in total. The van der Waals surface area contributed by atoms with E-state index in [1.807, 2.05) is 17.0 Å². The smallest absolute Gasteiger partial charge is 0.228 e. The van der Waals surface area contributed by atoms with Gasteiger partial charge in [-0.15, -0.1) is 0 Å². The molecule has 3 aliphatic rings. The molecule has 2 aliphatic heterocycles. The second-order valence-corrected chi connectivity index (χ2v) is 8.16. The third kappa shape index (κ3) is 4.26. The zero-order valence-electron chi connectivity index (χ0n) is 16.2. The summed E-state index contributed by atoms with van der Waals surface area (Å²) in [7, 11) is 2.08. The fraction of sp³-hybridized carbons (Fsp3) is 0.619. The minimum atomic E-state index is -0.168. The number of hydrogen-bond donors (Lipinski definition) is 1. The maximum atomic E-state index is 12.6. The van der Waals surface area contributed by atoms with Gasteiger partial charge in [0.05, 0.1) is 11.8 Å². The molecule has 6 heteroatoms. The van der Waals surface area contributed by atoms with Gasteiger partial charge in [0.15, 0.2) is 0 Å². The largest absolute Gasteiger partial charge is 0.372 e. The molecular formula is C21H30N4O2. The highest BCUT2D eigenvalue weighted by atomic mass is 16.2. The van der Waals surface area contributed by atoms with E-state index in [0.717, 1.165) is 45.0 Å². The van der Waals surface area contributed by atoms with Crippen LogP contribution in [-0.2, 0) is 9.59 Å². The zero-order valence-corrected chi connectivity index (χ0v) is 16.2. The number of nitrogens with one attached hydrogen (secondary N) is 1. The molecule has 2 unspecified atom stereocenters. The van der Waals surface area contributed by atoms with Gasteiger partial charge in [0.25, 0.3) is 0 Å². The van der Waals surface area contributed by atoms with Crippen molar-refractivity contribution in [3.05, 3.63) is 24.3 Å². The van der Waals surface area contributed by atoms with E-state index in [0.29, 0.717) is 6.42 Å². The lowest BCUT2D eigenvalue weighted by atomic mass is 10.1. The summed E-state index contributed by atoms with van der Waals surface area (Å²) in [5.74, 6) is -0.156. The molecule has 2 amide bonds. The Hall–Kier alpha value is -2.08. The molecule has 0 radical (unpaired) electrons. The topological polar surface area (TPSA) is 55.9 Å². The van der Waals surface area contributed by atoms with E-state index in [1.54, 1.807) is 0 Å². The van der Waals surface area contributed by atoms with Gasteiger partial charge < -0.3 is 20.0 Å². The van der Waals surface area contributed by atoms with Crippen molar-refractivity contribution in [3.63, 3.8) is 0 Å². The third-order valence-electron chi connectivity index (χ3n) is 6.12. The van der Waals surface area contributed by atoms with Crippen LogP contribution in [0, 0.1) is 11.8 Å². The zero-order chi connectivity index (χ0) is 18.8. The lowest BCUT2D eigenvalue weighted by Gasteiger charge is -2.32. The standard InChI is InChI=1S/C21H30N4O2/c1-23-11-13-25(14-12-23)21(27)19-15-18(19)20(26)22-16-5-7-17(8-6-16)24-9-3-2-4-10-24/h5-8,18-19H,2-4,9-15H2,1H3,(H,22,26). The first-order chi connectivity index (χ1) is 13.1. The molecule has 27 heavy (non-hydrogen) atoms. The van der Waals surface area contributed by atoms with Crippen LogP contribution in [0.1, 0.15) is 25.7 Å². The highest BCUT2D eigenvalue weighted by Crippen LogP contribution is 2.41. The summed E-state index contributed by atoms with van der Waals surface area (Å²) in [5, 5.41) is 2.99. The average molecular weight is 370 g/mol. The fourth-order valence-electron chi connectivity index (χ4n) is 4.16. The summed E-state index contributed by atoms with van der Waals surface area (Å²) < 4.78 is 0. The van der Waals surface area contributed by atoms with Crippen molar-refractivity contribution in [3.8, 4) is 0 Å². The van der Waals surface area contributed by atoms with Crippen LogP contribution in [0.15, 0.2) is 24.3 Å². The van der Waals surface area contributed by atoms with Crippen LogP contribution in [-0.4, -0.2) is 67.9 Å². The molecule has 4 rings (SSSR count). The second-order valence-electron chi connectivity index (χ2n) is 8.16. The van der Waals surface area contributed by atoms with Gasteiger partial charge >= 0.3 is 0 Å². The van der Waals surface area contributed by atoms with Crippen LogP contribution in [0.25, 0.3) is 0 Å². The van der Waals surface area contributed by atoms with E-state index in [-0.39, 0.29) is 23.7 Å². The van der Waals surface area contributed by atoms with Crippen LogP contribution in [0.3, 0.4) is 0 Å². The minimum absolute atomic E-state index is 0.0202. The lowest BCUT2D eigenvalue weighted by Crippen LogP contribution is -2.48. The SMILES string of the molecule is CN1CCN(C(=O)C2CC2C(=O)Nc2ccc(N3CCCCC3)cc2)CC1. The van der Waals surface area contributed by atoms with E-state index in [4.69, 9.17) is 0 Å². The Balaban J connectivity index is 1.28. The van der Waals surface area contributed by atoms with Crippen LogP contribution in [0.5, 0.6) is 0 Å². The van der Waals surface area contributed by atoms with Gasteiger partial charge in [-0.1, -0.05) is 0 Å². The van der Waals surface area contributed by atoms with Crippen LogP contribution >= 0.6 is 0 Å². The van der Waals surface area contributed by atoms with Crippen LogP contribution < -0.4 is 10.2 Å². The van der Waals surface area contributed by atoms with E-state index in [2.05, 4.69) is 34.3 Å².